The maximum atomic E-state index is 2.39. The van der Waals surface area contributed by atoms with E-state index in [1.165, 1.54) is 53.0 Å². The summed E-state index contributed by atoms with van der Waals surface area (Å²) in [6, 6.07) is 63.7. The van der Waals surface area contributed by atoms with E-state index in [1.807, 2.05) is 11.3 Å². The van der Waals surface area contributed by atoms with Gasteiger partial charge in [0.1, 0.15) is 0 Å². The van der Waals surface area contributed by atoms with Gasteiger partial charge in [0.25, 0.3) is 0 Å². The van der Waals surface area contributed by atoms with Gasteiger partial charge in [-0.2, -0.15) is 0 Å². The zero-order chi connectivity index (χ0) is 32.0. The molecular formula is C45H32N2S. The highest BCUT2D eigenvalue weighted by atomic mass is 32.1. The minimum absolute atomic E-state index is 1.14. The Labute approximate surface area is 284 Å². The molecule has 0 spiro atoms. The van der Waals surface area contributed by atoms with Gasteiger partial charge in [0.05, 0.1) is 0 Å². The molecule has 0 unspecified atom stereocenters. The Hall–Kier alpha value is -5.90. The molecule has 1 heterocycles. The van der Waals surface area contributed by atoms with Crippen molar-refractivity contribution in [2.24, 2.45) is 0 Å². The first-order valence-electron chi connectivity index (χ1n) is 16.3. The third-order valence-corrected chi connectivity index (χ3v) is 10.4. The highest BCUT2D eigenvalue weighted by molar-refractivity contribution is 7.26. The van der Waals surface area contributed by atoms with Gasteiger partial charge in [-0.05, 0) is 125 Å². The van der Waals surface area contributed by atoms with Crippen LogP contribution >= 0.6 is 11.3 Å². The molecular weight excluding hydrogens is 601 g/mol. The van der Waals surface area contributed by atoms with Gasteiger partial charge in [0.15, 0.2) is 0 Å². The van der Waals surface area contributed by atoms with Crippen LogP contribution in [0.25, 0.3) is 41.7 Å². The molecule has 48 heavy (non-hydrogen) atoms. The van der Waals surface area contributed by atoms with Gasteiger partial charge >= 0.3 is 0 Å². The summed E-state index contributed by atoms with van der Waals surface area (Å²) in [5.41, 5.74) is 8.16. The average Bonchev–Trinajstić information content (AvgIpc) is 3.48. The molecule has 0 aliphatic heterocycles. The molecule has 0 saturated heterocycles. The fraction of sp³-hybridized carbons (Fsp3) is 0.0222. The molecule has 1 aromatic heterocycles. The number of hydrogen-bond donors (Lipinski definition) is 0. The normalized spacial score (nSPS) is 11.4. The maximum Gasteiger partial charge on any atom is 0.0490 e. The number of hydrogen-bond acceptors (Lipinski definition) is 3. The van der Waals surface area contributed by atoms with Crippen LogP contribution in [0.3, 0.4) is 0 Å². The quantitative estimate of drug-likeness (QED) is 0.180. The monoisotopic (exact) mass is 632 g/mol. The SMILES string of the molecule is Cc1ccccc1N(c1ccccc1)c1ccc2cc3sc4cc5ccc(N(c6ccccc6)c6ccccc6)cc5cc4c3cc2c1. The number of fused-ring (bicyclic) bond motifs is 5. The lowest BCUT2D eigenvalue weighted by atomic mass is 10.0. The summed E-state index contributed by atoms with van der Waals surface area (Å²) in [4.78, 5) is 4.70. The van der Waals surface area contributed by atoms with Crippen molar-refractivity contribution in [3.63, 3.8) is 0 Å². The second kappa shape index (κ2) is 11.7. The minimum Gasteiger partial charge on any atom is -0.310 e. The van der Waals surface area contributed by atoms with E-state index in [0.29, 0.717) is 0 Å². The third-order valence-electron chi connectivity index (χ3n) is 9.27. The Bertz CT molecular complexity index is 2530. The summed E-state index contributed by atoms with van der Waals surface area (Å²) >= 11 is 1.88. The van der Waals surface area contributed by atoms with Crippen LogP contribution in [-0.2, 0) is 0 Å². The largest absolute Gasteiger partial charge is 0.310 e. The molecule has 0 amide bonds. The van der Waals surface area contributed by atoms with Gasteiger partial charge in [-0.3, -0.25) is 0 Å². The zero-order valence-electron chi connectivity index (χ0n) is 26.5. The molecule has 9 rings (SSSR count). The molecule has 0 bridgehead atoms. The number of thiophene rings is 1. The van der Waals surface area contributed by atoms with E-state index in [1.54, 1.807) is 0 Å². The Morgan fingerprint density at radius 3 is 1.29 bits per heavy atom. The van der Waals surface area contributed by atoms with E-state index >= 15 is 0 Å². The lowest BCUT2D eigenvalue weighted by Crippen LogP contribution is -2.11. The van der Waals surface area contributed by atoms with Gasteiger partial charge in [-0.15, -0.1) is 11.3 Å². The predicted octanol–water partition coefficient (Wildman–Crippen LogP) is 13.6. The van der Waals surface area contributed by atoms with Crippen LogP contribution in [0.1, 0.15) is 5.56 Å². The van der Waals surface area contributed by atoms with Crippen molar-refractivity contribution in [3.8, 4) is 0 Å². The third kappa shape index (κ3) is 4.97. The van der Waals surface area contributed by atoms with Crippen LogP contribution < -0.4 is 9.80 Å². The second-order valence-corrected chi connectivity index (χ2v) is 13.4. The van der Waals surface area contributed by atoms with Gasteiger partial charge in [-0.25, -0.2) is 0 Å². The average molecular weight is 633 g/mol. The van der Waals surface area contributed by atoms with Gasteiger partial charge < -0.3 is 9.80 Å². The summed E-state index contributed by atoms with van der Waals surface area (Å²) < 4.78 is 2.63. The van der Waals surface area contributed by atoms with Gasteiger partial charge in [-0.1, -0.05) is 84.9 Å². The number of nitrogens with zero attached hydrogens (tertiary/aromatic N) is 2. The molecule has 8 aromatic carbocycles. The first-order chi connectivity index (χ1) is 23.7. The molecule has 0 aliphatic rings. The Morgan fingerprint density at radius 2 is 0.792 bits per heavy atom. The first kappa shape index (κ1) is 28.3. The summed E-state index contributed by atoms with van der Waals surface area (Å²) in [5.74, 6) is 0. The number of para-hydroxylation sites is 4. The molecule has 0 N–H and O–H groups in total. The number of anilines is 6. The van der Waals surface area contributed by atoms with Crippen LogP contribution in [0.2, 0.25) is 0 Å². The number of aryl methyl sites for hydroxylation is 1. The van der Waals surface area contributed by atoms with Crippen LogP contribution in [0.15, 0.2) is 176 Å². The molecule has 2 nitrogen and oxygen atoms in total. The number of rotatable bonds is 6. The summed E-state index contributed by atoms with van der Waals surface area (Å²) in [7, 11) is 0. The molecule has 0 atom stereocenters. The van der Waals surface area contributed by atoms with Crippen LogP contribution in [-0.4, -0.2) is 0 Å². The number of benzene rings is 8. The van der Waals surface area contributed by atoms with Crippen molar-refractivity contribution in [2.75, 3.05) is 9.80 Å². The lowest BCUT2D eigenvalue weighted by molar-refractivity contribution is 1.25. The van der Waals surface area contributed by atoms with E-state index in [9.17, 15) is 0 Å². The molecule has 3 heteroatoms. The van der Waals surface area contributed by atoms with E-state index < -0.39 is 0 Å². The predicted molar refractivity (Wildman–Crippen MR) is 208 cm³/mol. The molecule has 0 radical (unpaired) electrons. The fourth-order valence-corrected chi connectivity index (χ4v) is 8.10. The van der Waals surface area contributed by atoms with E-state index in [-0.39, 0.29) is 0 Å². The fourth-order valence-electron chi connectivity index (χ4n) is 6.93. The van der Waals surface area contributed by atoms with Crippen molar-refractivity contribution < 1.29 is 0 Å². The van der Waals surface area contributed by atoms with Crippen LogP contribution in [0, 0.1) is 6.92 Å². The molecule has 9 aromatic rings. The Kier molecular flexibility index (Phi) is 6.92. The van der Waals surface area contributed by atoms with Crippen LogP contribution in [0.5, 0.6) is 0 Å². The first-order valence-corrected chi connectivity index (χ1v) is 17.2. The summed E-state index contributed by atoms with van der Waals surface area (Å²) in [6.45, 7) is 2.18. The van der Waals surface area contributed by atoms with Gasteiger partial charge in [0, 0.05) is 54.3 Å². The minimum atomic E-state index is 1.14. The smallest absolute Gasteiger partial charge is 0.0490 e. The topological polar surface area (TPSA) is 6.48 Å². The van der Waals surface area contributed by atoms with Crippen LogP contribution in [0.4, 0.5) is 34.1 Å². The van der Waals surface area contributed by atoms with E-state index in [0.717, 1.165) is 28.4 Å². The summed E-state index contributed by atoms with van der Waals surface area (Å²) in [5, 5.41) is 7.59. The van der Waals surface area contributed by atoms with Crippen molar-refractivity contribution in [3.05, 3.63) is 181 Å². The highest BCUT2D eigenvalue weighted by Crippen LogP contribution is 2.43. The van der Waals surface area contributed by atoms with Crippen molar-refractivity contribution >= 4 is 87.2 Å². The van der Waals surface area contributed by atoms with E-state index in [4.69, 9.17) is 0 Å². The second-order valence-electron chi connectivity index (χ2n) is 12.3. The Balaban J connectivity index is 1.19. The highest BCUT2D eigenvalue weighted by Gasteiger charge is 2.17. The Morgan fingerprint density at radius 1 is 0.354 bits per heavy atom. The van der Waals surface area contributed by atoms with Gasteiger partial charge in [0.2, 0.25) is 0 Å². The molecule has 0 fully saturated rings. The maximum absolute atomic E-state index is 2.39. The van der Waals surface area contributed by atoms with E-state index in [2.05, 4.69) is 193 Å². The molecule has 228 valence electrons. The zero-order valence-corrected chi connectivity index (χ0v) is 27.4. The summed E-state index contributed by atoms with van der Waals surface area (Å²) in [6.07, 6.45) is 0. The van der Waals surface area contributed by atoms with Crippen molar-refractivity contribution in [1.29, 1.82) is 0 Å². The van der Waals surface area contributed by atoms with Crippen molar-refractivity contribution in [2.45, 2.75) is 6.92 Å². The molecule has 0 aliphatic carbocycles. The lowest BCUT2D eigenvalue weighted by Gasteiger charge is -2.27. The molecule has 0 saturated carbocycles. The standard InChI is InChI=1S/C45H32N2S/c1-31-13-11-12-20-43(31)47(38-18-9-4-10-19-38)40-24-22-33-30-45-42(28-35(33)26-40)41-27-34-25-39(23-21-32(34)29-44(41)48-45)46(36-14-5-2-6-15-36)37-16-7-3-8-17-37/h2-30H,1H3. The van der Waals surface area contributed by atoms with Crippen molar-refractivity contribution in [1.82, 2.24) is 0 Å².